The van der Waals surface area contributed by atoms with Crippen LogP contribution in [0.3, 0.4) is 0 Å². The van der Waals surface area contributed by atoms with Crippen LogP contribution in [0.1, 0.15) is 18.7 Å². The summed E-state index contributed by atoms with van der Waals surface area (Å²) in [6, 6.07) is 2.07. The molecule has 1 aromatic heterocycles. The van der Waals surface area contributed by atoms with Crippen molar-refractivity contribution in [1.82, 2.24) is 0 Å². The first kappa shape index (κ1) is 11.0. The molecule has 0 aliphatic carbocycles. The molecule has 2 nitrogen and oxygen atoms in total. The van der Waals surface area contributed by atoms with Crippen LogP contribution in [0.15, 0.2) is 10.5 Å². The summed E-state index contributed by atoms with van der Waals surface area (Å²) >= 11 is 5.07. The van der Waals surface area contributed by atoms with E-state index in [9.17, 15) is 0 Å². The zero-order chi connectivity index (χ0) is 10.1. The van der Waals surface area contributed by atoms with Crippen LogP contribution in [0.5, 0.6) is 5.06 Å². The number of hydrogen-bond acceptors (Lipinski definition) is 3. The third-order valence-corrected chi connectivity index (χ3v) is 3.47. The second-order valence-electron chi connectivity index (χ2n) is 3.72. The van der Waals surface area contributed by atoms with E-state index in [0.29, 0.717) is 0 Å². The van der Waals surface area contributed by atoms with Gasteiger partial charge >= 0.3 is 0 Å². The molecule has 0 amide bonds. The van der Waals surface area contributed by atoms with Crippen molar-refractivity contribution >= 4 is 27.3 Å². The summed E-state index contributed by atoms with van der Waals surface area (Å²) in [7, 11) is 1.67. The average molecular weight is 264 g/mol. The molecule has 0 spiro atoms. The van der Waals surface area contributed by atoms with Gasteiger partial charge in [-0.15, -0.1) is 11.3 Å². The summed E-state index contributed by atoms with van der Waals surface area (Å²) in [4.78, 5) is 1.25. The van der Waals surface area contributed by atoms with E-state index in [1.807, 2.05) is 13.8 Å². The van der Waals surface area contributed by atoms with Gasteiger partial charge in [0.2, 0.25) is 0 Å². The van der Waals surface area contributed by atoms with Crippen molar-refractivity contribution < 1.29 is 4.74 Å². The molecule has 2 N–H and O–H groups in total. The number of hydrogen-bond donors (Lipinski definition) is 1. The lowest BCUT2D eigenvalue weighted by Gasteiger charge is -2.16. The van der Waals surface area contributed by atoms with Crippen LogP contribution >= 0.6 is 27.3 Å². The van der Waals surface area contributed by atoms with E-state index in [4.69, 9.17) is 10.5 Å². The minimum Gasteiger partial charge on any atom is -0.486 e. The van der Waals surface area contributed by atoms with Gasteiger partial charge in [0.15, 0.2) is 5.06 Å². The first-order chi connectivity index (χ1) is 5.92. The molecule has 0 atom stereocenters. The fourth-order valence-electron chi connectivity index (χ4n) is 1.07. The van der Waals surface area contributed by atoms with E-state index >= 15 is 0 Å². The lowest BCUT2D eigenvalue weighted by molar-refractivity contribution is 0.425. The van der Waals surface area contributed by atoms with Crippen LogP contribution in [-0.4, -0.2) is 12.6 Å². The minimum absolute atomic E-state index is 0.157. The molecule has 0 aliphatic heterocycles. The number of ether oxygens (including phenoxy) is 1. The minimum atomic E-state index is -0.157. The second kappa shape index (κ2) is 3.98. The maximum Gasteiger partial charge on any atom is 0.188 e. The van der Waals surface area contributed by atoms with Crippen molar-refractivity contribution in [1.29, 1.82) is 0 Å². The highest BCUT2D eigenvalue weighted by Gasteiger charge is 2.15. The molecule has 13 heavy (non-hydrogen) atoms. The SMILES string of the molecule is COc1sc(CC(C)(C)N)cc1Br. The van der Waals surface area contributed by atoms with Gasteiger partial charge in [0.1, 0.15) is 0 Å². The molecular formula is C9H14BrNOS. The Balaban J connectivity index is 2.80. The van der Waals surface area contributed by atoms with Crippen molar-refractivity contribution in [2.75, 3.05) is 7.11 Å². The summed E-state index contributed by atoms with van der Waals surface area (Å²) in [5.41, 5.74) is 5.76. The molecule has 0 saturated heterocycles. The van der Waals surface area contributed by atoms with Gasteiger partial charge < -0.3 is 10.5 Å². The Hall–Kier alpha value is -0.0600. The molecule has 0 aliphatic rings. The van der Waals surface area contributed by atoms with Crippen LogP contribution in [0.2, 0.25) is 0 Å². The van der Waals surface area contributed by atoms with Gasteiger partial charge in [-0.25, -0.2) is 0 Å². The first-order valence-corrected chi connectivity index (χ1v) is 5.64. The Morgan fingerprint density at radius 2 is 2.23 bits per heavy atom. The highest BCUT2D eigenvalue weighted by atomic mass is 79.9. The Labute approximate surface area is 91.2 Å². The van der Waals surface area contributed by atoms with Crippen LogP contribution in [-0.2, 0) is 6.42 Å². The third kappa shape index (κ3) is 3.29. The number of nitrogens with two attached hydrogens (primary N) is 1. The molecule has 0 fully saturated rings. The molecule has 0 aromatic carbocycles. The Morgan fingerprint density at radius 3 is 2.62 bits per heavy atom. The number of halogens is 1. The van der Waals surface area contributed by atoms with E-state index in [2.05, 4.69) is 22.0 Å². The summed E-state index contributed by atoms with van der Waals surface area (Å²) in [5, 5.41) is 0.916. The molecule has 1 heterocycles. The van der Waals surface area contributed by atoms with Crippen LogP contribution in [0.4, 0.5) is 0 Å². The normalized spacial score (nSPS) is 11.8. The zero-order valence-electron chi connectivity index (χ0n) is 8.06. The van der Waals surface area contributed by atoms with E-state index in [1.165, 1.54) is 4.88 Å². The van der Waals surface area contributed by atoms with Crippen molar-refractivity contribution in [3.63, 3.8) is 0 Å². The van der Waals surface area contributed by atoms with E-state index in [-0.39, 0.29) is 5.54 Å². The summed E-state index contributed by atoms with van der Waals surface area (Å²) in [6.07, 6.45) is 0.875. The predicted octanol–water partition coefficient (Wildman–Crippen LogP) is 2.80. The molecule has 74 valence electrons. The highest BCUT2D eigenvalue weighted by Crippen LogP contribution is 2.35. The average Bonchev–Trinajstić information content (AvgIpc) is 2.26. The van der Waals surface area contributed by atoms with Gasteiger partial charge in [0, 0.05) is 10.4 Å². The number of methoxy groups -OCH3 is 1. The van der Waals surface area contributed by atoms with Gasteiger partial charge in [-0.2, -0.15) is 0 Å². The molecular weight excluding hydrogens is 250 g/mol. The molecule has 1 rings (SSSR count). The van der Waals surface area contributed by atoms with Gasteiger partial charge in [-0.3, -0.25) is 0 Å². The highest BCUT2D eigenvalue weighted by molar-refractivity contribution is 9.10. The van der Waals surface area contributed by atoms with Crippen LogP contribution in [0.25, 0.3) is 0 Å². The topological polar surface area (TPSA) is 35.2 Å². The maximum atomic E-state index is 5.92. The maximum absolute atomic E-state index is 5.92. The van der Waals surface area contributed by atoms with Crippen LogP contribution in [0, 0.1) is 0 Å². The van der Waals surface area contributed by atoms with Crippen molar-refractivity contribution in [2.45, 2.75) is 25.8 Å². The molecule has 0 radical (unpaired) electrons. The van der Waals surface area contributed by atoms with Gasteiger partial charge in [-0.05, 0) is 42.3 Å². The van der Waals surface area contributed by atoms with Crippen LogP contribution < -0.4 is 10.5 Å². The molecule has 0 unspecified atom stereocenters. The smallest absolute Gasteiger partial charge is 0.188 e. The van der Waals surface area contributed by atoms with E-state index < -0.39 is 0 Å². The number of thiophene rings is 1. The van der Waals surface area contributed by atoms with Crippen molar-refractivity contribution in [2.24, 2.45) is 5.73 Å². The molecule has 0 saturated carbocycles. The third-order valence-electron chi connectivity index (χ3n) is 1.52. The van der Waals surface area contributed by atoms with Gasteiger partial charge in [0.05, 0.1) is 11.6 Å². The van der Waals surface area contributed by atoms with E-state index in [1.54, 1.807) is 18.4 Å². The number of rotatable bonds is 3. The Morgan fingerprint density at radius 1 is 1.62 bits per heavy atom. The monoisotopic (exact) mass is 263 g/mol. The standard InChI is InChI=1S/C9H14BrNOS/c1-9(2,11)5-6-4-7(10)8(12-3)13-6/h4H,5,11H2,1-3H3. The molecule has 1 aromatic rings. The Bertz CT molecular complexity index is 290. The lowest BCUT2D eigenvalue weighted by Crippen LogP contribution is -2.33. The largest absolute Gasteiger partial charge is 0.486 e. The summed E-state index contributed by atoms with van der Waals surface area (Å²) in [6.45, 7) is 4.04. The van der Waals surface area contributed by atoms with E-state index in [0.717, 1.165) is 16.0 Å². The van der Waals surface area contributed by atoms with Gasteiger partial charge in [-0.1, -0.05) is 0 Å². The van der Waals surface area contributed by atoms with Crippen molar-refractivity contribution in [3.05, 3.63) is 15.4 Å². The summed E-state index contributed by atoms with van der Waals surface area (Å²) in [5.74, 6) is 0. The molecule has 4 heteroatoms. The van der Waals surface area contributed by atoms with Gasteiger partial charge in [0.25, 0.3) is 0 Å². The second-order valence-corrected chi connectivity index (χ2v) is 5.67. The molecule has 0 bridgehead atoms. The Kier molecular flexibility index (Phi) is 3.38. The fraction of sp³-hybridized carbons (Fsp3) is 0.556. The van der Waals surface area contributed by atoms with Crippen molar-refractivity contribution in [3.8, 4) is 5.06 Å². The first-order valence-electron chi connectivity index (χ1n) is 4.03. The predicted molar refractivity (Wildman–Crippen MR) is 60.5 cm³/mol. The lowest BCUT2D eigenvalue weighted by atomic mass is 10.0. The summed E-state index contributed by atoms with van der Waals surface area (Å²) < 4.78 is 6.18. The fourth-order valence-corrected chi connectivity index (χ4v) is 3.00. The zero-order valence-corrected chi connectivity index (χ0v) is 10.5. The quantitative estimate of drug-likeness (QED) is 0.911.